The Kier molecular flexibility index (Phi) is 7.16. The van der Waals surface area contributed by atoms with Gasteiger partial charge in [-0.2, -0.15) is 13.9 Å². The van der Waals surface area contributed by atoms with E-state index in [1.54, 1.807) is 6.92 Å². The van der Waals surface area contributed by atoms with E-state index in [4.69, 9.17) is 26.8 Å². The molecule has 3 aliphatic rings. The lowest BCUT2D eigenvalue weighted by Crippen LogP contribution is -2.44. The summed E-state index contributed by atoms with van der Waals surface area (Å²) in [5.41, 5.74) is 3.51. The SMILES string of the molecule is C[C@]1(C(N)=O)COc2c1cc(C(O)(CNC(=O)c1cc(OC3CC3)c3nn(C(F)F)cc3c1)C1CC1)nc2-c1cc(Cl)ccc1F. The van der Waals surface area contributed by atoms with E-state index in [1.165, 1.54) is 36.4 Å². The standard InChI is InChI=1S/C32H29ClF3N5O5/c1-31(29(37)43)14-45-27-21(31)11-24(39-26(27)20-10-18(33)4-7-22(20)34)32(44,17-2-3-17)13-38-28(42)15-8-16-12-41(30(35)36)40-25(16)23(9-15)46-19-5-6-19/h4,7-12,17,19,30,44H,2-3,5-6,13-14H2,1H3,(H2,37,43)(H,38,42)/t31-,32?/m0/s1. The summed E-state index contributed by atoms with van der Waals surface area (Å²) in [5.74, 6) is -1.89. The van der Waals surface area contributed by atoms with Gasteiger partial charge in [-0.15, -0.1) is 0 Å². The Hall–Kier alpha value is -4.36. The molecule has 10 nitrogen and oxygen atoms in total. The van der Waals surface area contributed by atoms with Crippen molar-refractivity contribution in [1.82, 2.24) is 20.1 Å². The van der Waals surface area contributed by atoms with Crippen LogP contribution in [0.3, 0.4) is 0 Å². The van der Waals surface area contributed by atoms with E-state index < -0.39 is 35.2 Å². The molecule has 4 aromatic rings. The second kappa shape index (κ2) is 10.9. The summed E-state index contributed by atoms with van der Waals surface area (Å²) in [6.07, 6.45) is 3.90. The first-order valence-electron chi connectivity index (χ1n) is 14.8. The molecule has 1 unspecified atom stereocenters. The number of carbonyl (C=O) groups excluding carboxylic acids is 2. The monoisotopic (exact) mass is 655 g/mol. The minimum atomic E-state index is -2.88. The van der Waals surface area contributed by atoms with Crippen molar-refractivity contribution < 1.29 is 37.3 Å². The van der Waals surface area contributed by atoms with E-state index in [-0.39, 0.29) is 69.7 Å². The van der Waals surface area contributed by atoms with Crippen molar-refractivity contribution in [2.45, 2.75) is 56.3 Å². The molecular weight excluding hydrogens is 627 g/mol. The highest BCUT2D eigenvalue weighted by molar-refractivity contribution is 6.30. The van der Waals surface area contributed by atoms with Crippen LogP contribution in [0.4, 0.5) is 13.2 Å². The van der Waals surface area contributed by atoms with Gasteiger partial charge in [-0.05, 0) is 74.9 Å². The van der Waals surface area contributed by atoms with E-state index in [0.29, 0.717) is 28.5 Å². The molecule has 0 spiro atoms. The fourth-order valence-electron chi connectivity index (χ4n) is 5.80. The van der Waals surface area contributed by atoms with Gasteiger partial charge in [-0.25, -0.2) is 14.1 Å². The van der Waals surface area contributed by atoms with Crippen molar-refractivity contribution in [3.05, 3.63) is 70.3 Å². The summed E-state index contributed by atoms with van der Waals surface area (Å²) in [4.78, 5) is 30.8. The summed E-state index contributed by atoms with van der Waals surface area (Å²) < 4.78 is 54.2. The Morgan fingerprint density at radius 2 is 2.00 bits per heavy atom. The molecule has 2 aromatic heterocycles. The predicted octanol–water partition coefficient (Wildman–Crippen LogP) is 4.99. The number of nitrogens with two attached hydrogens (primary N) is 1. The van der Waals surface area contributed by atoms with Crippen LogP contribution in [0.5, 0.6) is 11.5 Å². The number of hydrogen-bond acceptors (Lipinski definition) is 7. The number of aromatic nitrogens is 3. The minimum absolute atomic E-state index is 0.00217. The third kappa shape index (κ3) is 5.20. The molecule has 2 amide bonds. The first kappa shape index (κ1) is 30.3. The third-order valence-electron chi connectivity index (χ3n) is 8.89. The number of nitrogens with one attached hydrogen (secondary N) is 1. The maximum Gasteiger partial charge on any atom is 0.333 e. The average Bonchev–Trinajstić information content (AvgIpc) is 3.96. The molecule has 46 heavy (non-hydrogen) atoms. The number of carbonyl (C=O) groups is 2. The van der Waals surface area contributed by atoms with Gasteiger partial charge in [0.25, 0.3) is 5.91 Å². The van der Waals surface area contributed by atoms with Crippen LogP contribution < -0.4 is 20.5 Å². The molecule has 4 N–H and O–H groups in total. The van der Waals surface area contributed by atoms with Crippen LogP contribution in [-0.4, -0.2) is 50.9 Å². The molecule has 3 heterocycles. The Morgan fingerprint density at radius 1 is 1.24 bits per heavy atom. The fourth-order valence-corrected chi connectivity index (χ4v) is 5.97. The topological polar surface area (TPSA) is 142 Å². The number of primary amides is 1. The van der Waals surface area contributed by atoms with Crippen molar-refractivity contribution in [2.24, 2.45) is 11.7 Å². The number of alkyl halides is 2. The van der Waals surface area contributed by atoms with Gasteiger partial charge in [0.05, 0.1) is 18.3 Å². The van der Waals surface area contributed by atoms with Gasteiger partial charge >= 0.3 is 6.55 Å². The summed E-state index contributed by atoms with van der Waals surface area (Å²) in [7, 11) is 0. The maximum atomic E-state index is 15.2. The number of ether oxygens (including phenoxy) is 2. The number of halogens is 4. The molecule has 0 radical (unpaired) electrons. The van der Waals surface area contributed by atoms with E-state index in [9.17, 15) is 23.5 Å². The van der Waals surface area contributed by atoms with Crippen LogP contribution in [0.2, 0.25) is 5.02 Å². The second-order valence-corrected chi connectivity index (χ2v) is 12.8. The van der Waals surface area contributed by atoms with Crippen LogP contribution in [0, 0.1) is 11.7 Å². The number of rotatable bonds is 10. The van der Waals surface area contributed by atoms with Gasteiger partial charge in [0.2, 0.25) is 5.91 Å². The Balaban J connectivity index is 1.26. The molecule has 240 valence electrons. The zero-order chi connectivity index (χ0) is 32.5. The largest absolute Gasteiger partial charge is 0.489 e. The summed E-state index contributed by atoms with van der Waals surface area (Å²) in [5, 5.41) is 19.4. The van der Waals surface area contributed by atoms with Crippen molar-refractivity contribution in [3.8, 4) is 22.8 Å². The Morgan fingerprint density at radius 3 is 2.67 bits per heavy atom. The van der Waals surface area contributed by atoms with E-state index in [1.807, 2.05) is 0 Å². The lowest BCUT2D eigenvalue weighted by molar-refractivity contribution is -0.123. The molecule has 0 bridgehead atoms. The predicted molar refractivity (Wildman–Crippen MR) is 160 cm³/mol. The number of fused-ring (bicyclic) bond motifs is 2. The number of benzene rings is 2. The number of amides is 2. The van der Waals surface area contributed by atoms with Gasteiger partial charge in [0, 0.05) is 33.3 Å². The molecule has 0 saturated heterocycles. The van der Waals surface area contributed by atoms with Crippen molar-refractivity contribution in [2.75, 3.05) is 13.2 Å². The summed E-state index contributed by atoms with van der Waals surface area (Å²) >= 11 is 6.19. The highest BCUT2D eigenvalue weighted by atomic mass is 35.5. The highest BCUT2D eigenvalue weighted by Gasteiger charge is 2.50. The van der Waals surface area contributed by atoms with E-state index in [0.717, 1.165) is 19.0 Å². The van der Waals surface area contributed by atoms with Gasteiger partial charge in [-0.3, -0.25) is 9.59 Å². The quantitative estimate of drug-likeness (QED) is 0.219. The molecule has 2 fully saturated rings. The van der Waals surface area contributed by atoms with Gasteiger partial charge in [-0.1, -0.05) is 11.6 Å². The third-order valence-corrected chi connectivity index (χ3v) is 9.12. The van der Waals surface area contributed by atoms with Crippen LogP contribution >= 0.6 is 11.6 Å². The number of nitrogens with zero attached hydrogens (tertiary/aromatic N) is 3. The lowest BCUT2D eigenvalue weighted by atomic mass is 9.81. The molecule has 1 aliphatic heterocycles. The number of aliphatic hydroxyl groups is 1. The van der Waals surface area contributed by atoms with Crippen molar-refractivity contribution >= 4 is 34.3 Å². The molecule has 2 saturated carbocycles. The molecular formula is C32H29ClF3N5O5. The van der Waals surface area contributed by atoms with E-state index >= 15 is 4.39 Å². The average molecular weight is 656 g/mol. The molecule has 2 aromatic carbocycles. The lowest BCUT2D eigenvalue weighted by Gasteiger charge is -2.30. The van der Waals surface area contributed by atoms with E-state index in [2.05, 4.69) is 15.4 Å². The number of pyridine rings is 1. The van der Waals surface area contributed by atoms with Gasteiger partial charge in [0.15, 0.2) is 0 Å². The molecule has 14 heteroatoms. The van der Waals surface area contributed by atoms with Crippen LogP contribution in [0.15, 0.2) is 42.6 Å². The molecule has 7 rings (SSSR count). The smallest absolute Gasteiger partial charge is 0.333 e. The van der Waals surface area contributed by atoms with Crippen LogP contribution in [-0.2, 0) is 15.8 Å². The highest BCUT2D eigenvalue weighted by Crippen LogP contribution is 2.50. The Bertz CT molecular complexity index is 1910. The Labute approximate surface area is 265 Å². The van der Waals surface area contributed by atoms with Crippen molar-refractivity contribution in [3.63, 3.8) is 0 Å². The first-order valence-corrected chi connectivity index (χ1v) is 15.2. The minimum Gasteiger partial charge on any atom is -0.489 e. The van der Waals surface area contributed by atoms with Gasteiger partial charge in [0.1, 0.15) is 46.1 Å². The zero-order valence-electron chi connectivity index (χ0n) is 24.5. The summed E-state index contributed by atoms with van der Waals surface area (Å²) in [6.45, 7) is -1.71. The molecule has 2 atom stereocenters. The van der Waals surface area contributed by atoms with Gasteiger partial charge < -0.3 is 25.6 Å². The fraction of sp³-hybridized carbons (Fsp3) is 0.375. The normalized spacial score (nSPS) is 20.3. The van der Waals surface area contributed by atoms with Crippen LogP contribution in [0.1, 0.15) is 60.8 Å². The maximum absolute atomic E-state index is 15.2. The zero-order valence-corrected chi connectivity index (χ0v) is 25.3. The molecule has 2 aliphatic carbocycles. The first-order chi connectivity index (χ1) is 21.9. The summed E-state index contributed by atoms with van der Waals surface area (Å²) in [6, 6.07) is 8.32. The number of hydrogen-bond donors (Lipinski definition) is 3. The van der Waals surface area contributed by atoms with Crippen LogP contribution in [0.25, 0.3) is 22.2 Å². The second-order valence-electron chi connectivity index (χ2n) is 12.3. The van der Waals surface area contributed by atoms with Crippen molar-refractivity contribution in [1.29, 1.82) is 0 Å².